The normalized spacial score (nSPS) is 17.0. The zero-order chi connectivity index (χ0) is 16.8. The SMILES string of the molecule is CC(C)=C1C(=O)OC(=O)C1=C(C)c1cc(C)n(N(C)C)c1C. The third kappa shape index (κ3) is 2.36. The van der Waals surface area contributed by atoms with Crippen molar-refractivity contribution in [1.29, 1.82) is 0 Å². The van der Waals surface area contributed by atoms with Crippen LogP contribution in [0.2, 0.25) is 0 Å². The number of allylic oxidation sites excluding steroid dienone is 2. The zero-order valence-corrected chi connectivity index (χ0v) is 14.2. The summed E-state index contributed by atoms with van der Waals surface area (Å²) >= 11 is 0. The second-order valence-electron chi connectivity index (χ2n) is 6.00. The van der Waals surface area contributed by atoms with Crippen molar-refractivity contribution < 1.29 is 14.3 Å². The number of aromatic nitrogens is 1. The summed E-state index contributed by atoms with van der Waals surface area (Å²) in [6.07, 6.45) is 0. The molecule has 1 aliphatic rings. The van der Waals surface area contributed by atoms with Crippen LogP contribution in [0.25, 0.3) is 5.57 Å². The van der Waals surface area contributed by atoms with Crippen molar-refractivity contribution >= 4 is 17.5 Å². The summed E-state index contributed by atoms with van der Waals surface area (Å²) in [4.78, 5) is 24.0. The summed E-state index contributed by atoms with van der Waals surface area (Å²) in [5.41, 5.74) is 5.36. The van der Waals surface area contributed by atoms with Gasteiger partial charge in [0, 0.05) is 31.0 Å². The quantitative estimate of drug-likeness (QED) is 0.478. The second kappa shape index (κ2) is 5.48. The first-order chi connectivity index (χ1) is 10.2. The summed E-state index contributed by atoms with van der Waals surface area (Å²) < 4.78 is 6.86. The highest BCUT2D eigenvalue weighted by atomic mass is 16.6. The number of carbonyl (C=O) groups is 2. The number of hydrogen-bond donors (Lipinski definition) is 0. The molecule has 1 aliphatic heterocycles. The molecule has 1 saturated heterocycles. The first-order valence-electron chi connectivity index (χ1n) is 7.19. The molecule has 2 heterocycles. The average molecular weight is 302 g/mol. The van der Waals surface area contributed by atoms with Gasteiger partial charge in [-0.25, -0.2) is 9.59 Å². The lowest BCUT2D eigenvalue weighted by atomic mass is 9.95. The van der Waals surface area contributed by atoms with E-state index >= 15 is 0 Å². The Labute approximate surface area is 130 Å². The van der Waals surface area contributed by atoms with Crippen molar-refractivity contribution in [1.82, 2.24) is 4.68 Å². The highest BCUT2D eigenvalue weighted by Gasteiger charge is 2.36. The van der Waals surface area contributed by atoms with Gasteiger partial charge in [0.25, 0.3) is 0 Å². The van der Waals surface area contributed by atoms with Gasteiger partial charge in [0.1, 0.15) is 0 Å². The predicted octanol–water partition coefficient (Wildman–Crippen LogP) is 2.50. The lowest BCUT2D eigenvalue weighted by Crippen LogP contribution is -2.26. The summed E-state index contributed by atoms with van der Waals surface area (Å²) in [6, 6.07) is 2.02. The molecule has 1 aromatic rings. The second-order valence-corrected chi connectivity index (χ2v) is 6.00. The Kier molecular flexibility index (Phi) is 4.00. The number of cyclic esters (lactones) is 2. The topological polar surface area (TPSA) is 51.5 Å². The molecular formula is C17H22N2O3. The van der Waals surface area contributed by atoms with Crippen LogP contribution in [0.1, 0.15) is 37.7 Å². The number of aryl methyl sites for hydroxylation is 1. The highest BCUT2D eigenvalue weighted by Crippen LogP contribution is 2.34. The van der Waals surface area contributed by atoms with Crippen molar-refractivity contribution in [3.63, 3.8) is 0 Å². The minimum atomic E-state index is -0.562. The molecule has 22 heavy (non-hydrogen) atoms. The van der Waals surface area contributed by atoms with Crippen LogP contribution in [0.15, 0.2) is 22.8 Å². The minimum Gasteiger partial charge on any atom is -0.386 e. The van der Waals surface area contributed by atoms with Crippen molar-refractivity contribution in [2.45, 2.75) is 34.6 Å². The van der Waals surface area contributed by atoms with Crippen LogP contribution in [0.3, 0.4) is 0 Å². The van der Waals surface area contributed by atoms with Gasteiger partial charge >= 0.3 is 11.9 Å². The van der Waals surface area contributed by atoms with E-state index < -0.39 is 11.9 Å². The molecule has 0 spiro atoms. The standard InChI is InChI=1S/C17H22N2O3/c1-9(2)14-15(17(21)22-16(14)20)11(4)13-8-10(3)19(12(13)5)18(6)7/h8H,1-7H3. The van der Waals surface area contributed by atoms with Crippen LogP contribution in [0, 0.1) is 13.8 Å². The van der Waals surface area contributed by atoms with E-state index in [0.717, 1.165) is 28.1 Å². The molecule has 0 amide bonds. The lowest BCUT2D eigenvalue weighted by Gasteiger charge is -2.19. The predicted molar refractivity (Wildman–Crippen MR) is 86.0 cm³/mol. The smallest absolute Gasteiger partial charge is 0.347 e. The van der Waals surface area contributed by atoms with E-state index in [-0.39, 0.29) is 0 Å². The Morgan fingerprint density at radius 1 is 1.05 bits per heavy atom. The summed E-state index contributed by atoms with van der Waals surface area (Å²) in [6.45, 7) is 9.49. The van der Waals surface area contributed by atoms with Crippen molar-refractivity contribution in [3.05, 3.63) is 39.7 Å². The lowest BCUT2D eigenvalue weighted by molar-refractivity contribution is -0.149. The maximum atomic E-state index is 12.1. The third-order valence-corrected chi connectivity index (χ3v) is 3.92. The van der Waals surface area contributed by atoms with Gasteiger partial charge in [-0.05, 0) is 46.3 Å². The van der Waals surface area contributed by atoms with Gasteiger partial charge in [0.05, 0.1) is 11.1 Å². The molecule has 5 nitrogen and oxygen atoms in total. The van der Waals surface area contributed by atoms with Gasteiger partial charge in [-0.2, -0.15) is 0 Å². The van der Waals surface area contributed by atoms with E-state index in [1.165, 1.54) is 0 Å². The summed E-state index contributed by atoms with van der Waals surface area (Å²) in [7, 11) is 3.92. The molecule has 0 radical (unpaired) electrons. The van der Waals surface area contributed by atoms with Crippen LogP contribution in [0.5, 0.6) is 0 Å². The van der Waals surface area contributed by atoms with E-state index in [4.69, 9.17) is 4.74 Å². The van der Waals surface area contributed by atoms with Gasteiger partial charge in [-0.3, -0.25) is 4.68 Å². The Balaban J connectivity index is 2.72. The zero-order valence-electron chi connectivity index (χ0n) is 14.2. The molecule has 5 heteroatoms. The summed E-state index contributed by atoms with van der Waals surface area (Å²) in [5.74, 6) is -1.12. The van der Waals surface area contributed by atoms with Crippen LogP contribution >= 0.6 is 0 Å². The number of esters is 2. The molecule has 2 rings (SSSR count). The number of hydrogen-bond acceptors (Lipinski definition) is 4. The number of rotatable bonds is 2. The Bertz CT molecular complexity index is 729. The minimum absolute atomic E-state index is 0.379. The molecule has 0 bridgehead atoms. The van der Waals surface area contributed by atoms with E-state index in [9.17, 15) is 9.59 Å². The first kappa shape index (κ1) is 16.1. The molecular weight excluding hydrogens is 280 g/mol. The fourth-order valence-corrected chi connectivity index (χ4v) is 3.07. The summed E-state index contributed by atoms with van der Waals surface area (Å²) in [5, 5.41) is 1.98. The van der Waals surface area contributed by atoms with Crippen LogP contribution in [-0.2, 0) is 14.3 Å². The van der Waals surface area contributed by atoms with E-state index in [1.54, 1.807) is 0 Å². The first-order valence-corrected chi connectivity index (χ1v) is 7.19. The molecule has 0 aromatic carbocycles. The van der Waals surface area contributed by atoms with Gasteiger partial charge in [-0.15, -0.1) is 0 Å². The molecule has 0 N–H and O–H groups in total. The molecule has 0 saturated carbocycles. The maximum Gasteiger partial charge on any atom is 0.347 e. The molecule has 0 aliphatic carbocycles. The molecule has 0 atom stereocenters. The number of carbonyl (C=O) groups excluding carboxylic acids is 2. The van der Waals surface area contributed by atoms with Gasteiger partial charge < -0.3 is 9.75 Å². The van der Waals surface area contributed by atoms with E-state index in [0.29, 0.717) is 11.1 Å². The average Bonchev–Trinajstić information content (AvgIpc) is 2.85. The maximum absolute atomic E-state index is 12.1. The molecule has 0 unspecified atom stereocenters. The van der Waals surface area contributed by atoms with Gasteiger partial charge in [0.2, 0.25) is 0 Å². The molecule has 118 valence electrons. The van der Waals surface area contributed by atoms with Crippen molar-refractivity contribution in [3.8, 4) is 0 Å². The highest BCUT2D eigenvalue weighted by molar-refractivity contribution is 6.22. The van der Waals surface area contributed by atoms with Gasteiger partial charge in [0.15, 0.2) is 0 Å². The fourth-order valence-electron chi connectivity index (χ4n) is 3.07. The van der Waals surface area contributed by atoms with Crippen LogP contribution < -0.4 is 5.01 Å². The number of ether oxygens (including phenoxy) is 1. The Morgan fingerprint density at radius 2 is 1.59 bits per heavy atom. The molecule has 1 aromatic heterocycles. The Hall–Kier alpha value is -2.30. The van der Waals surface area contributed by atoms with Crippen molar-refractivity contribution in [2.24, 2.45) is 0 Å². The van der Waals surface area contributed by atoms with Crippen molar-refractivity contribution in [2.75, 3.05) is 19.1 Å². The van der Waals surface area contributed by atoms with E-state index in [2.05, 4.69) is 4.68 Å². The van der Waals surface area contributed by atoms with Crippen LogP contribution in [0.4, 0.5) is 0 Å². The number of nitrogens with zero attached hydrogens (tertiary/aromatic N) is 2. The largest absolute Gasteiger partial charge is 0.386 e. The van der Waals surface area contributed by atoms with E-state index in [1.807, 2.05) is 59.8 Å². The van der Waals surface area contributed by atoms with Crippen LogP contribution in [-0.4, -0.2) is 30.7 Å². The monoisotopic (exact) mass is 302 g/mol. The van der Waals surface area contributed by atoms with Gasteiger partial charge in [-0.1, -0.05) is 5.57 Å². The fraction of sp³-hybridized carbons (Fsp3) is 0.412. The molecule has 1 fully saturated rings. The Morgan fingerprint density at radius 3 is 2.05 bits per heavy atom. The third-order valence-electron chi connectivity index (χ3n) is 3.92.